The highest BCUT2D eigenvalue weighted by Crippen LogP contribution is 2.25. The zero-order chi connectivity index (χ0) is 19.7. The van der Waals surface area contributed by atoms with Gasteiger partial charge in [-0.05, 0) is 43.7 Å². The first-order valence-electron chi connectivity index (χ1n) is 9.02. The molecular formula is C21H22N5O2+. The molecule has 1 atom stereocenters. The van der Waals surface area contributed by atoms with Gasteiger partial charge in [-0.2, -0.15) is 0 Å². The van der Waals surface area contributed by atoms with Crippen LogP contribution in [0.1, 0.15) is 23.0 Å². The van der Waals surface area contributed by atoms with Gasteiger partial charge in [-0.15, -0.1) is 0 Å². The van der Waals surface area contributed by atoms with Crippen molar-refractivity contribution in [1.82, 2.24) is 9.55 Å². The van der Waals surface area contributed by atoms with Gasteiger partial charge in [0.2, 0.25) is 0 Å². The van der Waals surface area contributed by atoms with Crippen LogP contribution in [-0.4, -0.2) is 22.6 Å². The number of aryl methyl sites for hydroxylation is 2. The summed E-state index contributed by atoms with van der Waals surface area (Å²) in [6.45, 7) is 3.84. The maximum absolute atomic E-state index is 12.8. The van der Waals surface area contributed by atoms with Crippen LogP contribution in [0.3, 0.4) is 0 Å². The van der Waals surface area contributed by atoms with Gasteiger partial charge in [0.1, 0.15) is 5.75 Å². The average molecular weight is 376 g/mol. The van der Waals surface area contributed by atoms with E-state index in [1.807, 2.05) is 55.5 Å². The van der Waals surface area contributed by atoms with Gasteiger partial charge >= 0.3 is 5.96 Å². The van der Waals surface area contributed by atoms with E-state index in [9.17, 15) is 4.79 Å². The lowest BCUT2D eigenvalue weighted by molar-refractivity contribution is -0.520. The maximum Gasteiger partial charge on any atom is 0.357 e. The molecule has 0 saturated carbocycles. The van der Waals surface area contributed by atoms with E-state index >= 15 is 0 Å². The van der Waals surface area contributed by atoms with Crippen LogP contribution in [-0.2, 0) is 0 Å². The fourth-order valence-corrected chi connectivity index (χ4v) is 3.34. The first-order chi connectivity index (χ1) is 13.5. The van der Waals surface area contributed by atoms with Gasteiger partial charge in [0.05, 0.1) is 18.4 Å². The molecule has 0 spiro atoms. The zero-order valence-electron chi connectivity index (χ0n) is 16.0. The summed E-state index contributed by atoms with van der Waals surface area (Å²) >= 11 is 0. The van der Waals surface area contributed by atoms with Crippen LogP contribution >= 0.6 is 0 Å². The molecule has 0 aliphatic carbocycles. The third kappa shape index (κ3) is 3.34. The highest BCUT2D eigenvalue weighted by Gasteiger charge is 2.30. The fraction of sp³-hybridized carbons (Fsp3) is 0.190. The lowest BCUT2D eigenvalue weighted by Gasteiger charge is -2.24. The highest BCUT2D eigenvalue weighted by atomic mass is 16.5. The molecule has 3 aromatic rings. The molecule has 28 heavy (non-hydrogen) atoms. The van der Waals surface area contributed by atoms with Gasteiger partial charge in [0, 0.05) is 11.8 Å². The Morgan fingerprint density at radius 1 is 1.14 bits per heavy atom. The molecule has 7 heteroatoms. The Kier molecular flexibility index (Phi) is 4.57. The van der Waals surface area contributed by atoms with E-state index in [4.69, 9.17) is 4.74 Å². The van der Waals surface area contributed by atoms with Gasteiger partial charge < -0.3 is 4.74 Å². The summed E-state index contributed by atoms with van der Waals surface area (Å²) in [4.78, 5) is 20.6. The van der Waals surface area contributed by atoms with Crippen molar-refractivity contribution in [1.29, 1.82) is 0 Å². The Morgan fingerprint density at radius 3 is 2.75 bits per heavy atom. The monoisotopic (exact) mass is 376 g/mol. The molecule has 0 bridgehead atoms. The van der Waals surface area contributed by atoms with Crippen LogP contribution in [0.2, 0.25) is 0 Å². The van der Waals surface area contributed by atoms with E-state index in [0.717, 1.165) is 16.8 Å². The van der Waals surface area contributed by atoms with Crippen molar-refractivity contribution in [3.8, 4) is 5.75 Å². The molecule has 0 radical (unpaired) electrons. The van der Waals surface area contributed by atoms with Crippen LogP contribution in [0.25, 0.3) is 0 Å². The number of ether oxygens (including phenoxy) is 1. The van der Waals surface area contributed by atoms with Crippen molar-refractivity contribution in [2.75, 3.05) is 17.7 Å². The number of methoxy groups -OCH3 is 1. The van der Waals surface area contributed by atoms with Crippen LogP contribution in [0.4, 0.5) is 11.6 Å². The Balaban J connectivity index is 1.84. The van der Waals surface area contributed by atoms with E-state index in [1.165, 1.54) is 6.07 Å². The molecule has 0 amide bonds. The van der Waals surface area contributed by atoms with Crippen molar-refractivity contribution in [3.63, 3.8) is 0 Å². The van der Waals surface area contributed by atoms with E-state index < -0.39 is 6.17 Å². The summed E-state index contributed by atoms with van der Waals surface area (Å²) in [5.74, 6) is 1.80. The molecule has 2 heterocycles. The van der Waals surface area contributed by atoms with Crippen molar-refractivity contribution in [2.45, 2.75) is 20.0 Å². The Bertz CT molecular complexity index is 1120. The van der Waals surface area contributed by atoms with Crippen LogP contribution in [0, 0.1) is 13.8 Å². The number of fused-ring (bicyclic) bond motifs is 1. The summed E-state index contributed by atoms with van der Waals surface area (Å²) < 4.78 is 7.11. The predicted octanol–water partition coefficient (Wildman–Crippen LogP) is 1.39. The number of aromatic nitrogens is 2. The zero-order valence-corrected chi connectivity index (χ0v) is 16.0. The SMILES string of the molecule is COc1ccccc1[C@H]1[NH+]=C(Nc2cccc(C)c2)Nc2nc(C)cc(=O)n21. The standard InChI is InChI=1S/C21H21N5O2/c1-13-7-6-8-15(11-13)23-20-24-19(16-9-4-5-10-17(16)28-3)26-18(27)12-14(2)22-21(26)25-20/h4-12,19H,1-3H3,(H2,22,23,24,25)/p+1/t19-/m0/s1. The Hall–Kier alpha value is -3.61. The molecule has 0 saturated heterocycles. The minimum atomic E-state index is -0.472. The number of anilines is 2. The quantitative estimate of drug-likeness (QED) is 0.644. The molecule has 4 rings (SSSR count). The van der Waals surface area contributed by atoms with E-state index in [1.54, 1.807) is 18.6 Å². The van der Waals surface area contributed by atoms with Gasteiger partial charge in [0.25, 0.3) is 11.5 Å². The highest BCUT2D eigenvalue weighted by molar-refractivity contribution is 5.99. The van der Waals surface area contributed by atoms with Gasteiger partial charge in [-0.3, -0.25) is 9.79 Å². The number of rotatable bonds is 3. The molecule has 1 aliphatic heterocycles. The molecule has 7 nitrogen and oxygen atoms in total. The van der Waals surface area contributed by atoms with Crippen LogP contribution < -0.4 is 25.9 Å². The second-order valence-corrected chi connectivity index (χ2v) is 6.71. The summed E-state index contributed by atoms with van der Waals surface area (Å²) in [5.41, 5.74) is 3.42. The van der Waals surface area contributed by atoms with Gasteiger partial charge in [0.15, 0.2) is 6.17 Å². The third-order valence-electron chi connectivity index (χ3n) is 4.58. The van der Waals surface area contributed by atoms with Gasteiger partial charge in [-0.25, -0.2) is 20.2 Å². The van der Waals surface area contributed by atoms with Crippen molar-refractivity contribution in [3.05, 3.63) is 81.8 Å². The van der Waals surface area contributed by atoms with Crippen LogP contribution in [0.15, 0.2) is 59.4 Å². The number of benzene rings is 2. The molecule has 1 aromatic heterocycles. The minimum Gasteiger partial charge on any atom is -0.496 e. The van der Waals surface area contributed by atoms with Gasteiger partial charge in [-0.1, -0.05) is 24.3 Å². The van der Waals surface area contributed by atoms with Crippen LogP contribution in [0.5, 0.6) is 5.75 Å². The molecular weight excluding hydrogens is 354 g/mol. The largest absolute Gasteiger partial charge is 0.496 e. The molecule has 3 N–H and O–H groups in total. The smallest absolute Gasteiger partial charge is 0.357 e. The summed E-state index contributed by atoms with van der Waals surface area (Å²) in [6, 6.07) is 17.2. The molecule has 142 valence electrons. The molecule has 1 aliphatic rings. The van der Waals surface area contributed by atoms with Crippen molar-refractivity contribution in [2.24, 2.45) is 0 Å². The second-order valence-electron chi connectivity index (χ2n) is 6.71. The van der Waals surface area contributed by atoms with E-state index in [0.29, 0.717) is 23.4 Å². The first-order valence-corrected chi connectivity index (χ1v) is 9.02. The topological polar surface area (TPSA) is 82.2 Å². The van der Waals surface area contributed by atoms with Crippen molar-refractivity contribution >= 4 is 17.6 Å². The predicted molar refractivity (Wildman–Crippen MR) is 109 cm³/mol. The van der Waals surface area contributed by atoms with E-state index in [2.05, 4.69) is 20.6 Å². The first kappa shape index (κ1) is 17.8. The maximum atomic E-state index is 12.8. The van der Waals surface area contributed by atoms with Crippen molar-refractivity contribution < 1.29 is 9.73 Å². The number of para-hydroxylation sites is 1. The number of nitrogens with one attached hydrogen (secondary N) is 3. The Morgan fingerprint density at radius 2 is 1.96 bits per heavy atom. The number of nitrogens with zero attached hydrogens (tertiary/aromatic N) is 2. The lowest BCUT2D eigenvalue weighted by atomic mass is 10.1. The number of guanidine groups is 1. The fourth-order valence-electron chi connectivity index (χ4n) is 3.34. The van der Waals surface area contributed by atoms with E-state index in [-0.39, 0.29) is 5.56 Å². The lowest BCUT2D eigenvalue weighted by Crippen LogP contribution is -2.82. The minimum absolute atomic E-state index is 0.145. The molecule has 0 fully saturated rings. The third-order valence-corrected chi connectivity index (χ3v) is 4.58. The summed E-state index contributed by atoms with van der Waals surface area (Å²) in [5, 5.41) is 6.53. The second kappa shape index (κ2) is 7.19. The summed E-state index contributed by atoms with van der Waals surface area (Å²) in [6.07, 6.45) is -0.472. The average Bonchev–Trinajstić information content (AvgIpc) is 2.67. The number of hydrogen-bond acceptors (Lipinski definition) is 5. The normalized spacial score (nSPS) is 15.2. The number of hydrogen-bond donors (Lipinski definition) is 3. The Labute approximate surface area is 162 Å². The molecule has 0 unspecified atom stereocenters. The summed E-state index contributed by atoms with van der Waals surface area (Å²) in [7, 11) is 1.62. The molecule has 2 aromatic carbocycles.